The van der Waals surface area contributed by atoms with E-state index < -0.39 is 9.84 Å². The van der Waals surface area contributed by atoms with E-state index in [1.54, 1.807) is 36.2 Å². The maximum absolute atomic E-state index is 12.1. The number of nitrogens with zero attached hydrogens (tertiary/aromatic N) is 1. The summed E-state index contributed by atoms with van der Waals surface area (Å²) >= 11 is 0. The number of ether oxygens (including phenoxy) is 1. The van der Waals surface area contributed by atoms with Gasteiger partial charge in [-0.2, -0.15) is 0 Å². The van der Waals surface area contributed by atoms with Crippen molar-refractivity contribution in [2.45, 2.75) is 31.2 Å². The van der Waals surface area contributed by atoms with Gasteiger partial charge in [0.25, 0.3) is 0 Å². The van der Waals surface area contributed by atoms with Gasteiger partial charge >= 0.3 is 6.03 Å². The second-order valence-electron chi connectivity index (χ2n) is 5.41. The monoisotopic (exact) mass is 342 g/mol. The van der Waals surface area contributed by atoms with Gasteiger partial charge in [-0.05, 0) is 38.0 Å². The van der Waals surface area contributed by atoms with Crippen molar-refractivity contribution in [3.8, 4) is 0 Å². The second kappa shape index (κ2) is 8.88. The molecule has 0 saturated carbocycles. The molecule has 1 rings (SSSR count). The van der Waals surface area contributed by atoms with Crippen LogP contribution in [0.4, 0.5) is 4.79 Å². The van der Waals surface area contributed by atoms with Crippen LogP contribution < -0.4 is 5.32 Å². The zero-order valence-electron chi connectivity index (χ0n) is 14.2. The van der Waals surface area contributed by atoms with E-state index in [4.69, 9.17) is 4.74 Å². The third kappa shape index (κ3) is 6.19. The molecule has 130 valence electrons. The third-order valence-corrected chi connectivity index (χ3v) is 4.77. The van der Waals surface area contributed by atoms with Crippen LogP contribution in [0.1, 0.15) is 31.9 Å². The Kier molecular flexibility index (Phi) is 7.51. The van der Waals surface area contributed by atoms with Gasteiger partial charge in [-0.15, -0.1) is 0 Å². The number of sulfone groups is 1. The predicted molar refractivity (Wildman–Crippen MR) is 90.2 cm³/mol. The minimum atomic E-state index is -3.21. The molecule has 0 aliphatic heterocycles. The predicted octanol–water partition coefficient (Wildman–Crippen LogP) is 2.22. The average Bonchev–Trinajstić information content (AvgIpc) is 2.52. The van der Waals surface area contributed by atoms with Gasteiger partial charge in [-0.1, -0.05) is 12.1 Å². The first-order chi connectivity index (χ1) is 10.8. The minimum Gasteiger partial charge on any atom is -0.382 e. The van der Waals surface area contributed by atoms with Crippen LogP contribution in [0.5, 0.6) is 0 Å². The third-order valence-electron chi connectivity index (χ3n) is 3.64. The first-order valence-electron chi connectivity index (χ1n) is 7.65. The molecule has 1 aromatic rings. The number of benzene rings is 1. The van der Waals surface area contributed by atoms with Crippen molar-refractivity contribution in [2.75, 3.05) is 33.1 Å². The van der Waals surface area contributed by atoms with E-state index >= 15 is 0 Å². The van der Waals surface area contributed by atoms with Crippen LogP contribution in [-0.4, -0.2) is 52.4 Å². The summed E-state index contributed by atoms with van der Waals surface area (Å²) in [7, 11) is -1.49. The van der Waals surface area contributed by atoms with Crippen molar-refractivity contribution in [1.82, 2.24) is 10.2 Å². The fourth-order valence-electron chi connectivity index (χ4n) is 2.03. The van der Waals surface area contributed by atoms with Crippen molar-refractivity contribution in [3.05, 3.63) is 29.8 Å². The molecular weight excluding hydrogens is 316 g/mol. The number of rotatable bonds is 8. The van der Waals surface area contributed by atoms with E-state index in [0.29, 0.717) is 19.8 Å². The standard InChI is InChI=1S/C16H26N2O4S/c1-5-22-12-6-11-17-16(19)18(3)13(2)14-7-9-15(10-8-14)23(4,20)21/h7-10,13H,5-6,11-12H2,1-4H3,(H,17,19)/t13-/m0/s1. The number of nitrogens with one attached hydrogen (secondary N) is 1. The largest absolute Gasteiger partial charge is 0.382 e. The van der Waals surface area contributed by atoms with Gasteiger partial charge in [0, 0.05) is 33.1 Å². The van der Waals surface area contributed by atoms with Crippen LogP contribution in [0.3, 0.4) is 0 Å². The Balaban J connectivity index is 2.58. The first kappa shape index (κ1) is 19.4. The van der Waals surface area contributed by atoms with E-state index in [-0.39, 0.29) is 17.0 Å². The van der Waals surface area contributed by atoms with Crippen molar-refractivity contribution in [2.24, 2.45) is 0 Å². The fourth-order valence-corrected chi connectivity index (χ4v) is 2.66. The summed E-state index contributed by atoms with van der Waals surface area (Å²) < 4.78 is 28.1. The summed E-state index contributed by atoms with van der Waals surface area (Å²) in [5, 5.41) is 2.84. The Labute approximate surface area is 138 Å². The van der Waals surface area contributed by atoms with E-state index in [2.05, 4.69) is 5.32 Å². The first-order valence-corrected chi connectivity index (χ1v) is 9.55. The summed E-state index contributed by atoms with van der Waals surface area (Å²) in [4.78, 5) is 14.0. The summed E-state index contributed by atoms with van der Waals surface area (Å²) in [6, 6.07) is 6.28. The SMILES string of the molecule is CCOCCCNC(=O)N(C)[C@@H](C)c1ccc(S(C)(=O)=O)cc1. The highest BCUT2D eigenvalue weighted by atomic mass is 32.2. The van der Waals surface area contributed by atoms with E-state index in [1.165, 1.54) is 6.26 Å². The molecule has 7 heteroatoms. The van der Waals surface area contributed by atoms with Crippen LogP contribution in [0.2, 0.25) is 0 Å². The molecule has 0 heterocycles. The van der Waals surface area contributed by atoms with Crippen LogP contribution in [0.25, 0.3) is 0 Å². The number of hydrogen-bond acceptors (Lipinski definition) is 4. The zero-order valence-corrected chi connectivity index (χ0v) is 15.0. The summed E-state index contributed by atoms with van der Waals surface area (Å²) in [5.74, 6) is 0. The molecule has 0 unspecified atom stereocenters. The number of carbonyl (C=O) groups is 1. The summed E-state index contributed by atoms with van der Waals surface area (Å²) in [6.45, 7) is 5.69. The Morgan fingerprint density at radius 3 is 2.43 bits per heavy atom. The Bertz CT molecular complexity index is 599. The van der Waals surface area contributed by atoms with Crippen molar-refractivity contribution in [3.63, 3.8) is 0 Å². The smallest absolute Gasteiger partial charge is 0.317 e. The number of urea groups is 1. The molecule has 2 amide bonds. The van der Waals surface area contributed by atoms with E-state index in [1.807, 2.05) is 13.8 Å². The Hall–Kier alpha value is -1.60. The fraction of sp³-hybridized carbons (Fsp3) is 0.562. The topological polar surface area (TPSA) is 75.7 Å². The van der Waals surface area contributed by atoms with Crippen molar-refractivity contribution < 1.29 is 17.9 Å². The molecule has 1 N–H and O–H groups in total. The highest BCUT2D eigenvalue weighted by Gasteiger charge is 2.17. The highest BCUT2D eigenvalue weighted by molar-refractivity contribution is 7.90. The molecular formula is C16H26N2O4S. The van der Waals surface area contributed by atoms with Crippen molar-refractivity contribution >= 4 is 15.9 Å². The molecule has 0 bridgehead atoms. The van der Waals surface area contributed by atoms with Gasteiger partial charge < -0.3 is 15.0 Å². The zero-order chi connectivity index (χ0) is 17.5. The molecule has 0 aromatic heterocycles. The lowest BCUT2D eigenvalue weighted by Crippen LogP contribution is -2.39. The molecule has 1 atom stereocenters. The van der Waals surface area contributed by atoms with E-state index in [0.717, 1.165) is 12.0 Å². The Morgan fingerprint density at radius 2 is 1.91 bits per heavy atom. The van der Waals surface area contributed by atoms with Crippen LogP contribution >= 0.6 is 0 Å². The van der Waals surface area contributed by atoms with Crippen LogP contribution in [0, 0.1) is 0 Å². The van der Waals surface area contributed by atoms with E-state index in [9.17, 15) is 13.2 Å². The Morgan fingerprint density at radius 1 is 1.30 bits per heavy atom. The summed E-state index contributed by atoms with van der Waals surface area (Å²) in [5.41, 5.74) is 0.879. The van der Waals surface area contributed by atoms with Gasteiger partial charge in [-0.3, -0.25) is 0 Å². The second-order valence-corrected chi connectivity index (χ2v) is 7.43. The lowest BCUT2D eigenvalue weighted by atomic mass is 10.1. The number of hydrogen-bond donors (Lipinski definition) is 1. The van der Waals surface area contributed by atoms with Gasteiger partial charge in [0.1, 0.15) is 0 Å². The molecule has 0 fully saturated rings. The molecule has 1 aromatic carbocycles. The van der Waals surface area contributed by atoms with Gasteiger partial charge in [0.2, 0.25) is 0 Å². The molecule has 0 radical (unpaired) electrons. The molecule has 0 aliphatic rings. The lowest BCUT2D eigenvalue weighted by molar-refractivity contribution is 0.143. The maximum atomic E-state index is 12.1. The molecule has 0 spiro atoms. The average molecular weight is 342 g/mol. The minimum absolute atomic E-state index is 0.157. The highest BCUT2D eigenvalue weighted by Crippen LogP contribution is 2.20. The number of carbonyl (C=O) groups excluding carboxylic acids is 1. The molecule has 6 nitrogen and oxygen atoms in total. The summed E-state index contributed by atoms with van der Waals surface area (Å²) in [6.07, 6.45) is 1.94. The van der Waals surface area contributed by atoms with Crippen LogP contribution in [0.15, 0.2) is 29.2 Å². The molecule has 0 aliphatic carbocycles. The van der Waals surface area contributed by atoms with Gasteiger partial charge in [0.05, 0.1) is 10.9 Å². The molecule has 23 heavy (non-hydrogen) atoms. The number of amides is 2. The van der Waals surface area contributed by atoms with Gasteiger partial charge in [0.15, 0.2) is 9.84 Å². The maximum Gasteiger partial charge on any atom is 0.317 e. The molecule has 0 saturated heterocycles. The lowest BCUT2D eigenvalue weighted by Gasteiger charge is -2.25. The van der Waals surface area contributed by atoms with Crippen molar-refractivity contribution in [1.29, 1.82) is 0 Å². The normalized spacial score (nSPS) is 12.7. The quantitative estimate of drug-likeness (QED) is 0.735. The van der Waals surface area contributed by atoms with Gasteiger partial charge in [-0.25, -0.2) is 13.2 Å². The van der Waals surface area contributed by atoms with Crippen LogP contribution in [-0.2, 0) is 14.6 Å².